The third kappa shape index (κ3) is 4.12. The molecule has 0 radical (unpaired) electrons. The second-order valence-electron chi connectivity index (χ2n) is 3.62. The molecule has 0 bridgehead atoms. The first-order chi connectivity index (χ1) is 9.56. The van der Waals surface area contributed by atoms with Gasteiger partial charge in [0.05, 0.1) is 0 Å². The normalized spacial score (nSPS) is 10.8. The first-order valence-corrected chi connectivity index (χ1v) is 7.80. The second kappa shape index (κ2) is 6.95. The predicted octanol–water partition coefficient (Wildman–Crippen LogP) is -0.650. The van der Waals surface area contributed by atoms with Gasteiger partial charge in [-0.1, -0.05) is 0 Å². The van der Waals surface area contributed by atoms with Crippen molar-refractivity contribution in [3.63, 3.8) is 0 Å². The van der Waals surface area contributed by atoms with E-state index in [0.717, 1.165) is 0 Å². The summed E-state index contributed by atoms with van der Waals surface area (Å²) in [4.78, 5) is 16.0. The number of carbonyl (C=O) groups excluding carboxylic acids is 1. The Labute approximate surface area is 130 Å². The molecular formula is C12H9ClIN3O3-2. The van der Waals surface area contributed by atoms with Gasteiger partial charge >= 0.3 is 131 Å². The summed E-state index contributed by atoms with van der Waals surface area (Å²) in [7, 11) is 0. The third-order valence-corrected chi connectivity index (χ3v) is 4.25. The number of benzene rings is 1. The van der Waals surface area contributed by atoms with Gasteiger partial charge in [0.25, 0.3) is 0 Å². The number of amides is 1. The number of aromatic nitrogens is 1. The van der Waals surface area contributed by atoms with E-state index in [1.807, 2.05) is 0 Å². The van der Waals surface area contributed by atoms with Gasteiger partial charge in [0.2, 0.25) is 0 Å². The number of nitrogens with zero attached hydrogens (tertiary/aromatic N) is 2. The molecule has 0 saturated carbocycles. The SMILES string of the molecule is O=C(Nc1ccncc1)c1cc([I-]N([O-])O)ccc1Cl. The Hall–Kier alpha value is -1.26. The molecule has 0 unspecified atom stereocenters. The maximum atomic E-state index is 12.1. The van der Waals surface area contributed by atoms with Crippen molar-refractivity contribution < 1.29 is 31.5 Å². The molecule has 2 N–H and O–H groups in total. The van der Waals surface area contributed by atoms with E-state index >= 15 is 0 Å². The molecule has 6 nitrogen and oxygen atoms in total. The Morgan fingerprint density at radius 2 is 2.05 bits per heavy atom. The molecule has 0 spiro atoms. The van der Waals surface area contributed by atoms with Gasteiger partial charge in [-0.05, 0) is 0 Å². The Bertz CT molecular complexity index is 610. The second-order valence-corrected chi connectivity index (χ2v) is 6.59. The van der Waals surface area contributed by atoms with Gasteiger partial charge in [-0.15, -0.1) is 0 Å². The fraction of sp³-hybridized carbons (Fsp3) is 0. The minimum absolute atomic E-state index is 0.104. The average Bonchev–Trinajstić information content (AvgIpc) is 2.41. The quantitative estimate of drug-likeness (QED) is 0.401. The summed E-state index contributed by atoms with van der Waals surface area (Å²) in [6, 6.07) is 7.94. The third-order valence-electron chi connectivity index (χ3n) is 2.28. The topological polar surface area (TPSA) is 88.5 Å². The van der Waals surface area contributed by atoms with Crippen molar-refractivity contribution in [3.05, 3.63) is 62.1 Å². The molecule has 0 fully saturated rings. The van der Waals surface area contributed by atoms with Gasteiger partial charge in [-0.2, -0.15) is 0 Å². The van der Waals surface area contributed by atoms with Gasteiger partial charge in [-0.25, -0.2) is 0 Å². The van der Waals surface area contributed by atoms with Gasteiger partial charge in [0, 0.05) is 0 Å². The summed E-state index contributed by atoms with van der Waals surface area (Å²) in [5, 5.41) is 22.3. The van der Waals surface area contributed by atoms with Crippen molar-refractivity contribution in [1.29, 1.82) is 0 Å². The van der Waals surface area contributed by atoms with Crippen LogP contribution in [0.3, 0.4) is 0 Å². The van der Waals surface area contributed by atoms with Gasteiger partial charge < -0.3 is 0 Å². The molecule has 1 heterocycles. The van der Waals surface area contributed by atoms with E-state index in [0.29, 0.717) is 9.26 Å². The van der Waals surface area contributed by atoms with Crippen molar-refractivity contribution in [2.24, 2.45) is 0 Å². The summed E-state index contributed by atoms with van der Waals surface area (Å²) in [6.07, 6.45) is 3.11. The first kappa shape index (κ1) is 15.1. The van der Waals surface area contributed by atoms with Gasteiger partial charge in [0.15, 0.2) is 0 Å². The van der Waals surface area contributed by atoms with Crippen LogP contribution in [0.25, 0.3) is 0 Å². The van der Waals surface area contributed by atoms with Crippen LogP contribution in [0.2, 0.25) is 5.02 Å². The van der Waals surface area contributed by atoms with E-state index in [-0.39, 0.29) is 19.9 Å². The molecule has 2 aromatic rings. The average molecular weight is 406 g/mol. The molecule has 0 aliphatic rings. The van der Waals surface area contributed by atoms with E-state index in [1.165, 1.54) is 12.1 Å². The van der Waals surface area contributed by atoms with Crippen LogP contribution in [-0.4, -0.2) is 19.5 Å². The summed E-state index contributed by atoms with van der Waals surface area (Å²) in [5.41, 5.74) is 0.844. The van der Waals surface area contributed by atoms with Crippen LogP contribution >= 0.6 is 11.6 Å². The van der Waals surface area contributed by atoms with E-state index in [9.17, 15) is 10.0 Å². The summed E-state index contributed by atoms with van der Waals surface area (Å²) < 4.78 is 0.484. The first-order valence-electron chi connectivity index (χ1n) is 5.38. The summed E-state index contributed by atoms with van der Waals surface area (Å²) >= 11 is 4.71. The standard InChI is InChI=1S/C12H9ClIN3O3/c13-11-2-1-8(14-17(19)20)7-10(11)12(18)16-9-3-5-15-6-4-9/h1-7,19H,(H,15,16,18)/q-2. The van der Waals surface area contributed by atoms with E-state index in [2.05, 4.69) is 10.3 Å². The van der Waals surface area contributed by atoms with Crippen LogP contribution < -0.4 is 26.8 Å². The van der Waals surface area contributed by atoms with Crippen LogP contribution in [0.5, 0.6) is 0 Å². The van der Waals surface area contributed by atoms with Crippen molar-refractivity contribution in [2.75, 3.05) is 5.32 Å². The summed E-state index contributed by atoms with van der Waals surface area (Å²) in [6.45, 7) is 0. The van der Waals surface area contributed by atoms with E-state index in [1.54, 1.807) is 30.6 Å². The molecule has 1 aromatic carbocycles. The monoisotopic (exact) mass is 405 g/mol. The van der Waals surface area contributed by atoms with Crippen molar-refractivity contribution in [2.45, 2.75) is 0 Å². The van der Waals surface area contributed by atoms with Gasteiger partial charge in [-0.3, -0.25) is 0 Å². The number of carbonyl (C=O) groups is 1. The Morgan fingerprint density at radius 3 is 2.70 bits per heavy atom. The minimum atomic E-state index is -1.26. The van der Waals surface area contributed by atoms with Crippen molar-refractivity contribution in [1.82, 2.24) is 8.42 Å². The summed E-state index contributed by atoms with van der Waals surface area (Å²) in [5.74, 6) is -0.387. The molecule has 106 valence electrons. The van der Waals surface area contributed by atoms with Crippen LogP contribution in [0, 0.1) is 8.78 Å². The molecule has 0 aliphatic heterocycles. The van der Waals surface area contributed by atoms with Crippen LogP contribution in [0.1, 0.15) is 10.4 Å². The van der Waals surface area contributed by atoms with E-state index < -0.39 is 21.5 Å². The Morgan fingerprint density at radius 1 is 1.35 bits per heavy atom. The fourth-order valence-electron chi connectivity index (χ4n) is 1.44. The maximum absolute atomic E-state index is 12.1. The van der Waals surface area contributed by atoms with E-state index in [4.69, 9.17) is 16.8 Å². The number of rotatable bonds is 4. The molecular weight excluding hydrogens is 397 g/mol. The number of nitrogens with one attached hydrogen (secondary N) is 1. The molecule has 0 atom stereocenters. The number of hydrogen-bond acceptors (Lipinski definition) is 5. The molecule has 0 saturated heterocycles. The van der Waals surface area contributed by atoms with Crippen LogP contribution in [0.15, 0.2) is 42.7 Å². The number of anilines is 1. The zero-order valence-corrected chi connectivity index (χ0v) is 12.9. The van der Waals surface area contributed by atoms with Crippen LogP contribution in [-0.2, 0) is 0 Å². The fourth-order valence-corrected chi connectivity index (χ4v) is 2.91. The zero-order chi connectivity index (χ0) is 14.5. The number of pyridine rings is 1. The molecule has 2 rings (SSSR count). The van der Waals surface area contributed by atoms with Crippen LogP contribution in [0.4, 0.5) is 5.69 Å². The van der Waals surface area contributed by atoms with Crippen molar-refractivity contribution in [3.8, 4) is 0 Å². The van der Waals surface area contributed by atoms with Crippen molar-refractivity contribution >= 4 is 23.2 Å². The molecule has 1 aromatic heterocycles. The van der Waals surface area contributed by atoms with Gasteiger partial charge in [0.1, 0.15) is 0 Å². The molecule has 8 heteroatoms. The zero-order valence-electron chi connectivity index (χ0n) is 9.96. The Kier molecular flexibility index (Phi) is 5.26. The number of hydrogen-bond donors (Lipinski definition) is 2. The molecule has 20 heavy (non-hydrogen) atoms. The number of halogens is 2. The predicted molar refractivity (Wildman–Crippen MR) is 69.3 cm³/mol. The molecule has 1 amide bonds. The molecule has 0 aliphatic carbocycles. The Balaban J connectivity index is 2.20.